The maximum absolute atomic E-state index is 11.6. The first-order valence-corrected chi connectivity index (χ1v) is 10.5. The van der Waals surface area contributed by atoms with E-state index in [0.29, 0.717) is 18.7 Å². The van der Waals surface area contributed by atoms with Crippen LogP contribution in [0, 0.1) is 5.92 Å². The van der Waals surface area contributed by atoms with E-state index in [9.17, 15) is 4.79 Å². The van der Waals surface area contributed by atoms with E-state index in [4.69, 9.17) is 9.72 Å². The average molecular weight is 406 g/mol. The van der Waals surface area contributed by atoms with Crippen LogP contribution in [-0.4, -0.2) is 59.7 Å². The molecule has 4 heterocycles. The van der Waals surface area contributed by atoms with Crippen molar-refractivity contribution < 1.29 is 9.53 Å². The van der Waals surface area contributed by atoms with Crippen LogP contribution in [0.25, 0.3) is 22.3 Å². The Morgan fingerprint density at radius 3 is 2.80 bits per heavy atom. The third kappa shape index (κ3) is 3.70. The van der Waals surface area contributed by atoms with Crippen LogP contribution in [0.2, 0.25) is 0 Å². The number of aromatic nitrogens is 3. The molecule has 2 aromatic heterocycles. The van der Waals surface area contributed by atoms with Crippen LogP contribution < -0.4 is 20.3 Å². The number of anilines is 1. The van der Waals surface area contributed by atoms with Gasteiger partial charge >= 0.3 is 0 Å². The summed E-state index contributed by atoms with van der Waals surface area (Å²) < 4.78 is 6.28. The number of benzene rings is 1. The molecule has 8 heteroatoms. The molecule has 156 valence electrons. The van der Waals surface area contributed by atoms with Gasteiger partial charge in [0.05, 0.1) is 29.4 Å². The Kier molecular flexibility index (Phi) is 5.00. The Bertz CT molecular complexity index is 1040. The van der Waals surface area contributed by atoms with Crippen molar-refractivity contribution in [1.82, 2.24) is 25.6 Å². The van der Waals surface area contributed by atoms with E-state index < -0.39 is 0 Å². The van der Waals surface area contributed by atoms with Crippen LogP contribution >= 0.6 is 0 Å². The van der Waals surface area contributed by atoms with Gasteiger partial charge in [0.25, 0.3) is 0 Å². The lowest BCUT2D eigenvalue weighted by atomic mass is 10.0. The zero-order valence-corrected chi connectivity index (χ0v) is 17.0. The van der Waals surface area contributed by atoms with Crippen molar-refractivity contribution in [3.8, 4) is 17.0 Å². The first kappa shape index (κ1) is 18.9. The van der Waals surface area contributed by atoms with Crippen LogP contribution in [-0.2, 0) is 4.79 Å². The van der Waals surface area contributed by atoms with E-state index in [1.807, 2.05) is 25.3 Å². The summed E-state index contributed by atoms with van der Waals surface area (Å²) in [6.07, 6.45) is 4.02. The minimum Gasteiger partial charge on any atom is -0.488 e. The number of nitrogens with zero attached hydrogens (tertiary/aromatic N) is 3. The van der Waals surface area contributed by atoms with Gasteiger partial charge < -0.3 is 25.3 Å². The number of aromatic amines is 1. The SMILES string of the molecule is CC(Oc1cc(-c2ccc(N3CCNCC3)cn2)cc2[nH]cnc12)[C@H]1CNC(=O)C1. The zero-order chi connectivity index (χ0) is 20.5. The quantitative estimate of drug-likeness (QED) is 0.599. The summed E-state index contributed by atoms with van der Waals surface area (Å²) in [7, 11) is 0. The number of H-pyrrole nitrogens is 1. The molecule has 0 radical (unpaired) electrons. The minimum atomic E-state index is -0.0952. The first-order valence-electron chi connectivity index (χ1n) is 10.5. The van der Waals surface area contributed by atoms with Crippen molar-refractivity contribution >= 4 is 22.6 Å². The summed E-state index contributed by atoms with van der Waals surface area (Å²) in [6, 6.07) is 8.23. The fourth-order valence-corrected chi connectivity index (χ4v) is 4.18. The monoisotopic (exact) mass is 406 g/mol. The molecule has 2 saturated heterocycles. The minimum absolute atomic E-state index is 0.0860. The fourth-order valence-electron chi connectivity index (χ4n) is 4.18. The number of carbonyl (C=O) groups is 1. The highest BCUT2D eigenvalue weighted by molar-refractivity contribution is 5.87. The van der Waals surface area contributed by atoms with E-state index in [2.05, 4.69) is 37.6 Å². The summed E-state index contributed by atoms with van der Waals surface area (Å²) >= 11 is 0. The molecule has 0 aliphatic carbocycles. The number of rotatable bonds is 5. The number of fused-ring (bicyclic) bond motifs is 1. The number of amides is 1. The van der Waals surface area contributed by atoms with E-state index in [1.54, 1.807) is 6.33 Å². The molecule has 2 atom stereocenters. The molecular weight excluding hydrogens is 380 g/mol. The first-order chi connectivity index (χ1) is 14.7. The van der Waals surface area contributed by atoms with Gasteiger partial charge in [-0.3, -0.25) is 9.78 Å². The number of hydrogen-bond acceptors (Lipinski definition) is 6. The molecule has 3 N–H and O–H groups in total. The third-order valence-corrected chi connectivity index (χ3v) is 6.00. The van der Waals surface area contributed by atoms with E-state index in [0.717, 1.165) is 54.2 Å². The predicted molar refractivity (Wildman–Crippen MR) is 116 cm³/mol. The molecule has 1 unspecified atom stereocenters. The van der Waals surface area contributed by atoms with E-state index in [1.165, 1.54) is 0 Å². The highest BCUT2D eigenvalue weighted by Crippen LogP contribution is 2.32. The van der Waals surface area contributed by atoms with Crippen LogP contribution in [0.5, 0.6) is 5.75 Å². The summed E-state index contributed by atoms with van der Waals surface area (Å²) in [5.74, 6) is 0.957. The number of carbonyl (C=O) groups excluding carboxylic acids is 1. The molecule has 2 fully saturated rings. The van der Waals surface area contributed by atoms with Crippen molar-refractivity contribution in [3.05, 3.63) is 36.8 Å². The average Bonchev–Trinajstić information content (AvgIpc) is 3.43. The zero-order valence-electron chi connectivity index (χ0n) is 17.0. The van der Waals surface area contributed by atoms with E-state index in [-0.39, 0.29) is 17.9 Å². The molecule has 0 spiro atoms. The Balaban J connectivity index is 1.41. The number of pyridine rings is 1. The Hall–Kier alpha value is -3.13. The second-order valence-electron chi connectivity index (χ2n) is 8.00. The Morgan fingerprint density at radius 2 is 2.07 bits per heavy atom. The van der Waals surface area contributed by atoms with Gasteiger partial charge in [0.2, 0.25) is 5.91 Å². The number of hydrogen-bond donors (Lipinski definition) is 3. The number of imidazole rings is 1. The lowest BCUT2D eigenvalue weighted by Gasteiger charge is -2.29. The summed E-state index contributed by atoms with van der Waals surface area (Å²) in [4.78, 5) is 26.2. The highest BCUT2D eigenvalue weighted by atomic mass is 16.5. The number of nitrogens with one attached hydrogen (secondary N) is 3. The molecular formula is C22H26N6O2. The highest BCUT2D eigenvalue weighted by Gasteiger charge is 2.28. The van der Waals surface area contributed by atoms with Crippen LogP contribution in [0.15, 0.2) is 36.8 Å². The van der Waals surface area contributed by atoms with Gasteiger partial charge in [-0.1, -0.05) is 0 Å². The second-order valence-corrected chi connectivity index (χ2v) is 8.00. The van der Waals surface area contributed by atoms with Crippen LogP contribution in [0.1, 0.15) is 13.3 Å². The normalized spacial score (nSPS) is 20.4. The van der Waals surface area contributed by atoms with Crippen molar-refractivity contribution in [2.75, 3.05) is 37.6 Å². The largest absolute Gasteiger partial charge is 0.488 e. The molecule has 1 aromatic carbocycles. The third-order valence-electron chi connectivity index (χ3n) is 6.00. The van der Waals surface area contributed by atoms with Crippen molar-refractivity contribution in [2.24, 2.45) is 5.92 Å². The van der Waals surface area contributed by atoms with Crippen LogP contribution in [0.3, 0.4) is 0 Å². The van der Waals surface area contributed by atoms with Crippen molar-refractivity contribution in [3.63, 3.8) is 0 Å². The number of ether oxygens (including phenoxy) is 1. The molecule has 0 saturated carbocycles. The molecule has 0 bridgehead atoms. The molecule has 3 aromatic rings. The van der Waals surface area contributed by atoms with Crippen molar-refractivity contribution in [2.45, 2.75) is 19.4 Å². The van der Waals surface area contributed by atoms with Gasteiger partial charge in [0.1, 0.15) is 17.4 Å². The molecule has 30 heavy (non-hydrogen) atoms. The van der Waals surface area contributed by atoms with Gasteiger partial charge in [0, 0.05) is 50.6 Å². The summed E-state index contributed by atoms with van der Waals surface area (Å²) in [6.45, 7) is 6.65. The van der Waals surface area contributed by atoms with Gasteiger partial charge in [-0.25, -0.2) is 4.98 Å². The number of piperazine rings is 1. The lowest BCUT2D eigenvalue weighted by molar-refractivity contribution is -0.119. The molecule has 1 amide bonds. The Morgan fingerprint density at radius 1 is 1.20 bits per heavy atom. The molecule has 5 rings (SSSR count). The maximum atomic E-state index is 11.6. The topological polar surface area (TPSA) is 95.2 Å². The summed E-state index contributed by atoms with van der Waals surface area (Å²) in [5, 5.41) is 6.25. The fraction of sp³-hybridized carbons (Fsp3) is 0.409. The van der Waals surface area contributed by atoms with Gasteiger partial charge in [-0.2, -0.15) is 0 Å². The molecule has 2 aliphatic rings. The van der Waals surface area contributed by atoms with Gasteiger partial charge in [-0.05, 0) is 31.2 Å². The van der Waals surface area contributed by atoms with Crippen LogP contribution in [0.4, 0.5) is 5.69 Å². The smallest absolute Gasteiger partial charge is 0.220 e. The lowest BCUT2D eigenvalue weighted by Crippen LogP contribution is -2.43. The molecule has 2 aliphatic heterocycles. The van der Waals surface area contributed by atoms with Gasteiger partial charge in [0.15, 0.2) is 0 Å². The van der Waals surface area contributed by atoms with Crippen molar-refractivity contribution in [1.29, 1.82) is 0 Å². The summed E-state index contributed by atoms with van der Waals surface area (Å²) in [5.41, 5.74) is 4.71. The van der Waals surface area contributed by atoms with E-state index >= 15 is 0 Å². The second kappa shape index (κ2) is 7.95. The maximum Gasteiger partial charge on any atom is 0.220 e. The molecule has 8 nitrogen and oxygen atoms in total. The Labute approximate surface area is 175 Å². The standard InChI is InChI=1S/C22H26N6O2/c1-14(16-10-21(29)25-11-16)30-20-9-15(8-19-22(20)27-13-26-19)18-3-2-17(12-24-18)28-6-4-23-5-7-28/h2-3,8-9,12-14,16,23H,4-7,10-11H2,1H3,(H,25,29)(H,26,27)/t14?,16-/m1/s1. The predicted octanol–water partition coefficient (Wildman–Crippen LogP) is 1.94. The van der Waals surface area contributed by atoms with Gasteiger partial charge in [-0.15, -0.1) is 0 Å².